The number of para-hydroxylation sites is 1. The second-order valence-corrected chi connectivity index (χ2v) is 7.19. The Morgan fingerprint density at radius 2 is 1.64 bits per heavy atom. The molecule has 2 aromatic carbocycles. The van der Waals surface area contributed by atoms with Crippen LogP contribution in [0.4, 0.5) is 0 Å². The van der Waals surface area contributed by atoms with Gasteiger partial charge in [0.2, 0.25) is 0 Å². The fourth-order valence-corrected chi connectivity index (χ4v) is 3.47. The molecule has 0 spiro atoms. The zero-order valence-corrected chi connectivity index (χ0v) is 16.7. The van der Waals surface area contributed by atoms with Crippen molar-refractivity contribution < 1.29 is 14.6 Å². The number of benzene rings is 2. The fraction of sp³-hybridized carbons (Fsp3) is 0.292. The maximum atomic E-state index is 11.0. The Kier molecular flexibility index (Phi) is 6.19. The highest BCUT2D eigenvalue weighted by atomic mass is 16.5. The molecule has 28 heavy (non-hydrogen) atoms. The number of hydrogen-bond acceptors (Lipinski definition) is 2. The first-order chi connectivity index (χ1) is 13.5. The van der Waals surface area contributed by atoms with Crippen molar-refractivity contribution in [1.29, 1.82) is 0 Å². The van der Waals surface area contributed by atoms with Gasteiger partial charge in [0.25, 0.3) is 0 Å². The Balaban J connectivity index is 1.83. The van der Waals surface area contributed by atoms with Crippen LogP contribution in [0.1, 0.15) is 28.8 Å². The third-order valence-corrected chi connectivity index (χ3v) is 4.98. The molecule has 4 nitrogen and oxygen atoms in total. The number of aryl methyl sites for hydroxylation is 4. The van der Waals surface area contributed by atoms with Crippen LogP contribution in [-0.2, 0) is 17.8 Å². The quantitative estimate of drug-likeness (QED) is 0.589. The summed E-state index contributed by atoms with van der Waals surface area (Å²) in [6.07, 6.45) is 0.625. The minimum atomic E-state index is -0.781. The summed E-state index contributed by atoms with van der Waals surface area (Å²) in [5.41, 5.74) is 6.69. The summed E-state index contributed by atoms with van der Waals surface area (Å²) in [7, 11) is 0. The maximum absolute atomic E-state index is 11.0. The molecule has 4 heteroatoms. The van der Waals surface area contributed by atoms with Gasteiger partial charge < -0.3 is 14.4 Å². The third kappa shape index (κ3) is 4.63. The van der Waals surface area contributed by atoms with Crippen LogP contribution in [0.25, 0.3) is 11.3 Å². The third-order valence-electron chi connectivity index (χ3n) is 4.98. The number of carbonyl (C=O) groups is 1. The lowest BCUT2D eigenvalue weighted by Gasteiger charge is -2.16. The molecule has 3 rings (SSSR count). The molecule has 1 N–H and O–H groups in total. The molecule has 0 saturated heterocycles. The van der Waals surface area contributed by atoms with Gasteiger partial charge in [-0.3, -0.25) is 4.79 Å². The molecule has 0 bridgehead atoms. The van der Waals surface area contributed by atoms with Crippen molar-refractivity contribution in [3.05, 3.63) is 77.0 Å². The molecule has 3 aromatic rings. The standard InChI is InChI=1S/C24H27NO3/c1-17-7-9-20(10-8-17)22-13-11-21(12-14-23(26)27)25(22)15-16-28-24-18(2)5-4-6-19(24)3/h4-11,13H,12,14-16H2,1-3H3,(H,26,27). The van der Waals surface area contributed by atoms with Crippen molar-refractivity contribution in [3.63, 3.8) is 0 Å². The van der Waals surface area contributed by atoms with Crippen molar-refractivity contribution in [3.8, 4) is 17.0 Å². The van der Waals surface area contributed by atoms with Gasteiger partial charge in [0, 0.05) is 11.4 Å². The van der Waals surface area contributed by atoms with Crippen LogP contribution in [-0.4, -0.2) is 22.2 Å². The van der Waals surface area contributed by atoms with E-state index in [0.717, 1.165) is 33.8 Å². The van der Waals surface area contributed by atoms with Gasteiger partial charge in [-0.15, -0.1) is 0 Å². The number of hydrogen-bond donors (Lipinski definition) is 1. The number of carboxylic acid groups (broad SMARTS) is 1. The Hall–Kier alpha value is -3.01. The molecule has 0 amide bonds. The average molecular weight is 377 g/mol. The summed E-state index contributed by atoms with van der Waals surface area (Å²) in [6, 6.07) is 18.6. The highest BCUT2D eigenvalue weighted by Crippen LogP contribution is 2.25. The Labute approximate surface area is 166 Å². The molecule has 0 aliphatic heterocycles. The summed E-state index contributed by atoms with van der Waals surface area (Å²) in [4.78, 5) is 11.0. The van der Waals surface area contributed by atoms with Crippen molar-refractivity contribution >= 4 is 5.97 Å². The summed E-state index contributed by atoms with van der Waals surface area (Å²) in [5, 5.41) is 9.07. The van der Waals surface area contributed by atoms with Crippen LogP contribution < -0.4 is 4.74 Å². The smallest absolute Gasteiger partial charge is 0.303 e. The molecule has 1 heterocycles. The van der Waals surface area contributed by atoms with Gasteiger partial charge in [-0.25, -0.2) is 0 Å². The maximum Gasteiger partial charge on any atom is 0.303 e. The highest BCUT2D eigenvalue weighted by molar-refractivity contribution is 5.67. The zero-order valence-electron chi connectivity index (χ0n) is 16.7. The molecule has 1 aromatic heterocycles. The first-order valence-electron chi connectivity index (χ1n) is 9.62. The van der Waals surface area contributed by atoms with Gasteiger partial charge in [-0.2, -0.15) is 0 Å². The number of aliphatic carboxylic acids is 1. The lowest BCUT2D eigenvalue weighted by Crippen LogP contribution is -2.13. The Morgan fingerprint density at radius 3 is 2.29 bits per heavy atom. The molecule has 0 unspecified atom stereocenters. The van der Waals surface area contributed by atoms with Crippen LogP contribution in [0, 0.1) is 20.8 Å². The van der Waals surface area contributed by atoms with Gasteiger partial charge >= 0.3 is 5.97 Å². The molecule has 0 fully saturated rings. The van der Waals surface area contributed by atoms with Crippen molar-refractivity contribution in [1.82, 2.24) is 4.57 Å². The van der Waals surface area contributed by atoms with E-state index in [2.05, 4.69) is 41.8 Å². The van der Waals surface area contributed by atoms with Crippen molar-refractivity contribution in [2.45, 2.75) is 40.2 Å². The van der Waals surface area contributed by atoms with Gasteiger partial charge in [0.05, 0.1) is 13.0 Å². The van der Waals surface area contributed by atoms with E-state index in [-0.39, 0.29) is 6.42 Å². The van der Waals surface area contributed by atoms with E-state index in [9.17, 15) is 4.79 Å². The second-order valence-electron chi connectivity index (χ2n) is 7.19. The number of carboxylic acids is 1. The van der Waals surface area contributed by atoms with Crippen LogP contribution in [0.15, 0.2) is 54.6 Å². The summed E-state index contributed by atoms with van der Waals surface area (Å²) < 4.78 is 8.28. The molecular formula is C24H27NO3. The molecule has 0 aliphatic carbocycles. The second kappa shape index (κ2) is 8.79. The monoisotopic (exact) mass is 377 g/mol. The predicted octanol–water partition coefficient (Wildman–Crippen LogP) is 5.18. The number of ether oxygens (including phenoxy) is 1. The predicted molar refractivity (Wildman–Crippen MR) is 112 cm³/mol. The van der Waals surface area contributed by atoms with Crippen LogP contribution in [0.3, 0.4) is 0 Å². The largest absolute Gasteiger partial charge is 0.491 e. The fourth-order valence-electron chi connectivity index (χ4n) is 3.47. The van der Waals surface area contributed by atoms with Crippen molar-refractivity contribution in [2.75, 3.05) is 6.61 Å². The van der Waals surface area contributed by atoms with Crippen LogP contribution in [0.5, 0.6) is 5.75 Å². The molecule has 0 saturated carbocycles. The van der Waals surface area contributed by atoms with Gasteiger partial charge in [-0.05, 0) is 56.0 Å². The number of aromatic nitrogens is 1. The first-order valence-corrected chi connectivity index (χ1v) is 9.62. The van der Waals surface area contributed by atoms with E-state index in [1.54, 1.807) is 0 Å². The van der Waals surface area contributed by atoms with Gasteiger partial charge in [0.15, 0.2) is 0 Å². The van der Waals surface area contributed by atoms with E-state index < -0.39 is 5.97 Å². The summed E-state index contributed by atoms with van der Waals surface area (Å²) >= 11 is 0. The summed E-state index contributed by atoms with van der Waals surface area (Å²) in [6.45, 7) is 7.36. The van der Waals surface area contributed by atoms with E-state index in [1.807, 2.05) is 38.1 Å². The summed E-state index contributed by atoms with van der Waals surface area (Å²) in [5.74, 6) is 0.148. The van der Waals surface area contributed by atoms with E-state index >= 15 is 0 Å². The van der Waals surface area contributed by atoms with Gasteiger partial charge in [-0.1, -0.05) is 48.0 Å². The zero-order chi connectivity index (χ0) is 20.1. The van der Waals surface area contributed by atoms with E-state index in [4.69, 9.17) is 9.84 Å². The Bertz CT molecular complexity index is 934. The van der Waals surface area contributed by atoms with E-state index in [0.29, 0.717) is 19.6 Å². The molecule has 0 radical (unpaired) electrons. The van der Waals surface area contributed by atoms with Gasteiger partial charge in [0.1, 0.15) is 12.4 Å². The lowest BCUT2D eigenvalue weighted by atomic mass is 10.1. The Morgan fingerprint density at radius 1 is 0.964 bits per heavy atom. The van der Waals surface area contributed by atoms with Crippen LogP contribution in [0.2, 0.25) is 0 Å². The molecule has 0 atom stereocenters. The van der Waals surface area contributed by atoms with E-state index in [1.165, 1.54) is 5.56 Å². The average Bonchev–Trinajstić information content (AvgIpc) is 3.06. The topological polar surface area (TPSA) is 51.5 Å². The number of nitrogens with zero attached hydrogens (tertiary/aromatic N) is 1. The highest BCUT2D eigenvalue weighted by Gasteiger charge is 2.12. The molecular weight excluding hydrogens is 350 g/mol. The lowest BCUT2D eigenvalue weighted by molar-refractivity contribution is -0.136. The number of rotatable bonds is 8. The SMILES string of the molecule is Cc1ccc(-c2ccc(CCC(=O)O)n2CCOc2c(C)cccc2C)cc1. The minimum Gasteiger partial charge on any atom is -0.491 e. The molecule has 0 aliphatic rings. The first kappa shape index (κ1) is 19.7. The normalized spacial score (nSPS) is 10.8. The van der Waals surface area contributed by atoms with Crippen molar-refractivity contribution in [2.24, 2.45) is 0 Å². The van der Waals surface area contributed by atoms with Crippen LogP contribution >= 0.6 is 0 Å². The minimum absolute atomic E-state index is 0.120. The molecule has 146 valence electrons.